The molecule has 0 unspecified atom stereocenters. The van der Waals surface area contributed by atoms with Crippen molar-refractivity contribution in [3.8, 4) is 0 Å². The topological polar surface area (TPSA) is 18.5 Å². The lowest BCUT2D eigenvalue weighted by Crippen LogP contribution is -2.32. The van der Waals surface area contributed by atoms with Gasteiger partial charge in [-0.2, -0.15) is 0 Å². The molecule has 1 rings (SSSR count). The van der Waals surface area contributed by atoms with Crippen LogP contribution < -0.4 is 0 Å². The molecule has 0 aromatic carbocycles. The minimum Gasteiger partial charge on any atom is -0.346 e. The Morgan fingerprint density at radius 2 is 1.80 bits per heavy atom. The van der Waals surface area contributed by atoms with Gasteiger partial charge in [-0.25, -0.2) is 0 Å². The third kappa shape index (κ3) is 2.39. The highest BCUT2D eigenvalue weighted by Crippen LogP contribution is 2.28. The summed E-state index contributed by atoms with van der Waals surface area (Å²) in [6.45, 7) is 6.38. The molecule has 0 aromatic rings. The zero-order valence-corrected chi connectivity index (χ0v) is 10.2. The summed E-state index contributed by atoms with van der Waals surface area (Å²) in [4.78, 5) is 0. The molecule has 0 fully saturated rings. The molecule has 0 radical (unpaired) electrons. The van der Waals surface area contributed by atoms with Crippen LogP contribution in [-0.4, -0.2) is 20.0 Å². The van der Waals surface area contributed by atoms with Crippen molar-refractivity contribution in [2.45, 2.75) is 26.6 Å². The lowest BCUT2D eigenvalue weighted by molar-refractivity contribution is -0.141. The van der Waals surface area contributed by atoms with Crippen LogP contribution >= 0.6 is 0 Å². The van der Waals surface area contributed by atoms with E-state index < -0.39 is 5.79 Å². The Hall–Kier alpha value is -0.860. The van der Waals surface area contributed by atoms with Gasteiger partial charge in [0.15, 0.2) is 0 Å². The van der Waals surface area contributed by atoms with Crippen molar-refractivity contribution < 1.29 is 9.47 Å². The summed E-state index contributed by atoms with van der Waals surface area (Å²) in [7, 11) is 3.32. The fourth-order valence-electron chi connectivity index (χ4n) is 1.72. The summed E-state index contributed by atoms with van der Waals surface area (Å²) in [6, 6.07) is 0. The van der Waals surface area contributed by atoms with Crippen molar-refractivity contribution in [2.24, 2.45) is 5.92 Å². The highest BCUT2D eigenvalue weighted by Gasteiger charge is 2.29. The molecule has 0 N–H and O–H groups in total. The van der Waals surface area contributed by atoms with Gasteiger partial charge in [-0.3, -0.25) is 0 Å². The average molecular weight is 208 g/mol. The van der Waals surface area contributed by atoms with Gasteiger partial charge in [0.25, 0.3) is 0 Å². The second-order valence-corrected chi connectivity index (χ2v) is 4.08. The smallest absolute Gasteiger partial charge is 0.210 e. The zero-order valence-electron chi connectivity index (χ0n) is 10.2. The lowest BCUT2D eigenvalue weighted by atomic mass is 9.99. The Morgan fingerprint density at radius 3 is 2.27 bits per heavy atom. The van der Waals surface area contributed by atoms with E-state index in [9.17, 15) is 0 Å². The molecule has 0 aromatic heterocycles. The standard InChI is InChI=1S/C13H20O2/c1-10(2)12-7-6-8-13(14-4,15-5)11(3)9-12/h6-10H,1-5H3. The monoisotopic (exact) mass is 208 g/mol. The van der Waals surface area contributed by atoms with E-state index in [2.05, 4.69) is 26.0 Å². The first-order chi connectivity index (χ1) is 7.05. The van der Waals surface area contributed by atoms with Gasteiger partial charge in [-0.05, 0) is 30.1 Å². The van der Waals surface area contributed by atoms with E-state index >= 15 is 0 Å². The molecule has 1 aliphatic carbocycles. The normalized spacial score (nSPS) is 19.9. The average Bonchev–Trinajstić information content (AvgIpc) is 2.38. The molecule has 0 aliphatic heterocycles. The van der Waals surface area contributed by atoms with Gasteiger partial charge in [-0.1, -0.05) is 32.1 Å². The van der Waals surface area contributed by atoms with Crippen molar-refractivity contribution in [2.75, 3.05) is 14.2 Å². The van der Waals surface area contributed by atoms with Crippen LogP contribution in [0.1, 0.15) is 20.8 Å². The highest BCUT2D eigenvalue weighted by molar-refractivity contribution is 5.37. The van der Waals surface area contributed by atoms with Crippen LogP contribution in [0.25, 0.3) is 0 Å². The molecule has 84 valence electrons. The summed E-state index contributed by atoms with van der Waals surface area (Å²) in [5.41, 5.74) is 2.36. The molecule has 0 heterocycles. The predicted octanol–water partition coefficient (Wildman–Crippen LogP) is 3.07. The first-order valence-corrected chi connectivity index (χ1v) is 5.24. The van der Waals surface area contributed by atoms with Crippen LogP contribution in [0.5, 0.6) is 0 Å². The van der Waals surface area contributed by atoms with E-state index in [1.807, 2.05) is 19.1 Å². The van der Waals surface area contributed by atoms with Gasteiger partial charge in [-0.15, -0.1) is 0 Å². The van der Waals surface area contributed by atoms with Crippen LogP contribution in [0.3, 0.4) is 0 Å². The molecule has 1 aliphatic rings. The summed E-state index contributed by atoms with van der Waals surface area (Å²) >= 11 is 0. The maximum absolute atomic E-state index is 5.44. The molecule has 0 saturated heterocycles. The SMILES string of the molecule is COC1(OC)C=CC=C(C(C)C)C=C1C. The third-order valence-corrected chi connectivity index (χ3v) is 2.81. The summed E-state index contributed by atoms with van der Waals surface area (Å²) < 4.78 is 10.9. The Morgan fingerprint density at radius 1 is 1.20 bits per heavy atom. The van der Waals surface area contributed by atoms with Crippen molar-refractivity contribution in [3.05, 3.63) is 35.5 Å². The molecular formula is C13H20O2. The fraction of sp³-hybridized carbons (Fsp3) is 0.538. The molecular weight excluding hydrogens is 188 g/mol. The number of methoxy groups -OCH3 is 2. The van der Waals surface area contributed by atoms with Gasteiger partial charge in [0.2, 0.25) is 5.79 Å². The van der Waals surface area contributed by atoms with Crippen molar-refractivity contribution >= 4 is 0 Å². The van der Waals surface area contributed by atoms with Gasteiger partial charge >= 0.3 is 0 Å². The Bertz CT molecular complexity index is 304. The van der Waals surface area contributed by atoms with Gasteiger partial charge in [0.05, 0.1) is 0 Å². The van der Waals surface area contributed by atoms with Crippen LogP contribution in [-0.2, 0) is 9.47 Å². The summed E-state index contributed by atoms with van der Waals surface area (Å²) in [5.74, 6) is -0.193. The fourth-order valence-corrected chi connectivity index (χ4v) is 1.72. The molecule has 0 amide bonds. The van der Waals surface area contributed by atoms with Gasteiger partial charge < -0.3 is 9.47 Å². The molecule has 0 bridgehead atoms. The highest BCUT2D eigenvalue weighted by atomic mass is 16.7. The van der Waals surface area contributed by atoms with Crippen molar-refractivity contribution in [1.29, 1.82) is 0 Å². The van der Waals surface area contributed by atoms with E-state index in [-0.39, 0.29) is 0 Å². The minimum atomic E-state index is -0.701. The van der Waals surface area contributed by atoms with E-state index in [4.69, 9.17) is 9.47 Å². The summed E-state index contributed by atoms with van der Waals surface area (Å²) in [5, 5.41) is 0. The first kappa shape index (κ1) is 12.2. The second kappa shape index (κ2) is 4.77. The molecule has 0 saturated carbocycles. The first-order valence-electron chi connectivity index (χ1n) is 5.24. The maximum Gasteiger partial charge on any atom is 0.210 e. The minimum absolute atomic E-state index is 0.508. The van der Waals surface area contributed by atoms with Crippen molar-refractivity contribution in [3.63, 3.8) is 0 Å². The second-order valence-electron chi connectivity index (χ2n) is 4.08. The van der Waals surface area contributed by atoms with E-state index in [1.165, 1.54) is 5.57 Å². The number of allylic oxidation sites excluding steroid dienone is 4. The predicted molar refractivity (Wildman–Crippen MR) is 62.6 cm³/mol. The molecule has 15 heavy (non-hydrogen) atoms. The van der Waals surface area contributed by atoms with Gasteiger partial charge in [0, 0.05) is 14.2 Å². The lowest BCUT2D eigenvalue weighted by Gasteiger charge is -2.28. The number of rotatable bonds is 3. The largest absolute Gasteiger partial charge is 0.346 e. The third-order valence-electron chi connectivity index (χ3n) is 2.81. The van der Waals surface area contributed by atoms with E-state index in [0.29, 0.717) is 5.92 Å². The van der Waals surface area contributed by atoms with E-state index in [0.717, 1.165) is 5.57 Å². The maximum atomic E-state index is 5.44. The van der Waals surface area contributed by atoms with Crippen LogP contribution in [0, 0.1) is 5.92 Å². The van der Waals surface area contributed by atoms with Crippen LogP contribution in [0.15, 0.2) is 35.5 Å². The number of hydrogen-bond acceptors (Lipinski definition) is 2. The Balaban J connectivity index is 3.09. The zero-order chi connectivity index (χ0) is 11.5. The van der Waals surface area contributed by atoms with Crippen LogP contribution in [0.4, 0.5) is 0 Å². The Kier molecular flexibility index (Phi) is 3.89. The number of hydrogen-bond donors (Lipinski definition) is 0. The Labute approximate surface area is 92.3 Å². The van der Waals surface area contributed by atoms with Crippen molar-refractivity contribution in [1.82, 2.24) is 0 Å². The molecule has 2 nitrogen and oxygen atoms in total. The number of ether oxygens (including phenoxy) is 2. The molecule has 0 spiro atoms. The van der Waals surface area contributed by atoms with E-state index in [1.54, 1.807) is 14.2 Å². The van der Waals surface area contributed by atoms with Gasteiger partial charge in [0.1, 0.15) is 0 Å². The molecule has 2 heteroatoms. The molecule has 0 atom stereocenters. The quantitative estimate of drug-likeness (QED) is 0.664. The van der Waals surface area contributed by atoms with Crippen LogP contribution in [0.2, 0.25) is 0 Å². The summed E-state index contributed by atoms with van der Waals surface area (Å²) in [6.07, 6.45) is 8.18.